The number of allylic oxidation sites excluding steroid dienone is 2. The molecule has 0 fully saturated rings. The van der Waals surface area contributed by atoms with Crippen LogP contribution in [0.1, 0.15) is 18.5 Å². The largest absolute Gasteiger partial charge is 0.325 e. The number of hydrogen-bond acceptors (Lipinski definition) is 1. The van der Waals surface area contributed by atoms with Crippen molar-refractivity contribution in [2.45, 2.75) is 19.3 Å². The smallest absolute Gasteiger partial charge is 0.266 e. The average molecular weight is 210 g/mol. The normalized spacial score (nSPS) is 20.2. The zero-order valence-corrected chi connectivity index (χ0v) is 8.55. The van der Waals surface area contributed by atoms with Gasteiger partial charge in [0.1, 0.15) is 5.02 Å². The molecule has 1 aliphatic carbocycles. The van der Waals surface area contributed by atoms with Gasteiger partial charge in [0.15, 0.2) is 0 Å². The maximum Gasteiger partial charge on any atom is 0.266 e. The molecule has 1 aliphatic rings. The van der Waals surface area contributed by atoms with Crippen molar-refractivity contribution in [1.82, 2.24) is 4.98 Å². The first-order valence-electron chi connectivity index (χ1n) is 4.80. The predicted molar refractivity (Wildman–Crippen MR) is 57.6 cm³/mol. The van der Waals surface area contributed by atoms with Crippen LogP contribution in [-0.2, 0) is 6.42 Å². The van der Waals surface area contributed by atoms with E-state index in [9.17, 15) is 4.79 Å². The number of H-pyrrole nitrogens is 1. The van der Waals surface area contributed by atoms with Crippen LogP contribution in [0.3, 0.4) is 0 Å². The van der Waals surface area contributed by atoms with Crippen molar-refractivity contribution in [3.63, 3.8) is 0 Å². The first-order chi connectivity index (χ1) is 6.75. The van der Waals surface area contributed by atoms with Gasteiger partial charge in [-0.3, -0.25) is 4.79 Å². The monoisotopic (exact) mass is 209 g/mol. The summed E-state index contributed by atoms with van der Waals surface area (Å²) in [6, 6.07) is 3.55. The lowest BCUT2D eigenvalue weighted by atomic mass is 10.0. The highest BCUT2D eigenvalue weighted by molar-refractivity contribution is 6.30. The summed E-state index contributed by atoms with van der Waals surface area (Å²) in [5.41, 5.74) is 0.780. The predicted octanol–water partition coefficient (Wildman–Crippen LogP) is 2.54. The van der Waals surface area contributed by atoms with E-state index >= 15 is 0 Å². The average Bonchev–Trinajstić information content (AvgIpc) is 2.64. The van der Waals surface area contributed by atoms with E-state index in [4.69, 9.17) is 11.6 Å². The second kappa shape index (κ2) is 4.01. The van der Waals surface area contributed by atoms with E-state index in [0.717, 1.165) is 18.5 Å². The number of aromatic amines is 1. The molecular formula is C11H12ClNO. The van der Waals surface area contributed by atoms with E-state index in [1.807, 2.05) is 6.07 Å². The Morgan fingerprint density at radius 1 is 1.50 bits per heavy atom. The molecule has 0 radical (unpaired) electrons. The van der Waals surface area contributed by atoms with Crippen LogP contribution in [0, 0.1) is 5.92 Å². The van der Waals surface area contributed by atoms with Crippen LogP contribution in [0.2, 0.25) is 5.02 Å². The van der Waals surface area contributed by atoms with E-state index in [1.165, 1.54) is 6.42 Å². The van der Waals surface area contributed by atoms with Crippen molar-refractivity contribution >= 4 is 11.6 Å². The number of aromatic nitrogens is 1. The number of rotatable bonds is 2. The minimum absolute atomic E-state index is 0.189. The highest BCUT2D eigenvalue weighted by atomic mass is 35.5. The van der Waals surface area contributed by atoms with Gasteiger partial charge in [0.05, 0.1) is 0 Å². The molecule has 0 aromatic carbocycles. The molecule has 0 spiro atoms. The highest BCUT2D eigenvalue weighted by Crippen LogP contribution is 2.20. The Kier molecular flexibility index (Phi) is 2.73. The molecule has 14 heavy (non-hydrogen) atoms. The van der Waals surface area contributed by atoms with E-state index in [1.54, 1.807) is 6.07 Å². The Balaban J connectivity index is 2.13. The maximum atomic E-state index is 11.2. The molecule has 2 rings (SSSR count). The summed E-state index contributed by atoms with van der Waals surface area (Å²) in [7, 11) is 0. The van der Waals surface area contributed by atoms with Crippen LogP contribution in [-0.4, -0.2) is 4.98 Å². The minimum Gasteiger partial charge on any atom is -0.325 e. The molecule has 1 aromatic heterocycles. The molecule has 1 heterocycles. The quantitative estimate of drug-likeness (QED) is 0.747. The fourth-order valence-corrected chi connectivity index (χ4v) is 1.87. The zero-order chi connectivity index (χ0) is 9.97. The fraction of sp³-hybridized carbons (Fsp3) is 0.364. The van der Waals surface area contributed by atoms with Crippen molar-refractivity contribution < 1.29 is 0 Å². The Morgan fingerprint density at radius 2 is 2.36 bits per heavy atom. The Hall–Kier alpha value is -1.02. The third-order valence-electron chi connectivity index (χ3n) is 2.52. The molecule has 0 saturated heterocycles. The number of nitrogens with one attached hydrogen (secondary N) is 1. The van der Waals surface area contributed by atoms with Gasteiger partial charge in [-0.05, 0) is 37.3 Å². The van der Waals surface area contributed by atoms with Crippen LogP contribution in [0.25, 0.3) is 0 Å². The highest BCUT2D eigenvalue weighted by Gasteiger charge is 2.10. The molecule has 1 N–H and O–H groups in total. The van der Waals surface area contributed by atoms with E-state index in [-0.39, 0.29) is 10.6 Å². The molecule has 0 aliphatic heterocycles. The van der Waals surface area contributed by atoms with Gasteiger partial charge in [-0.25, -0.2) is 0 Å². The lowest BCUT2D eigenvalue weighted by Crippen LogP contribution is -2.10. The van der Waals surface area contributed by atoms with Crippen molar-refractivity contribution in [3.05, 3.63) is 45.4 Å². The van der Waals surface area contributed by atoms with Gasteiger partial charge in [0.2, 0.25) is 0 Å². The summed E-state index contributed by atoms with van der Waals surface area (Å²) >= 11 is 5.64. The molecule has 74 valence electrons. The number of halogens is 1. The Labute approximate surface area is 87.6 Å². The van der Waals surface area contributed by atoms with E-state index in [2.05, 4.69) is 17.1 Å². The van der Waals surface area contributed by atoms with Gasteiger partial charge < -0.3 is 4.98 Å². The first kappa shape index (κ1) is 9.53. The number of pyridine rings is 1. The Morgan fingerprint density at radius 3 is 3.00 bits per heavy atom. The van der Waals surface area contributed by atoms with Crippen LogP contribution in [0.4, 0.5) is 0 Å². The van der Waals surface area contributed by atoms with Gasteiger partial charge in [-0.1, -0.05) is 23.8 Å². The summed E-state index contributed by atoms with van der Waals surface area (Å²) in [5, 5.41) is 0.260. The third kappa shape index (κ3) is 2.07. The van der Waals surface area contributed by atoms with Crippen molar-refractivity contribution in [2.24, 2.45) is 5.92 Å². The third-order valence-corrected chi connectivity index (χ3v) is 2.81. The van der Waals surface area contributed by atoms with Crippen molar-refractivity contribution in [3.8, 4) is 0 Å². The second-order valence-corrected chi connectivity index (χ2v) is 4.04. The number of hydrogen-bond donors (Lipinski definition) is 1. The van der Waals surface area contributed by atoms with Crippen molar-refractivity contribution in [2.75, 3.05) is 0 Å². The van der Waals surface area contributed by atoms with Gasteiger partial charge in [0, 0.05) is 5.69 Å². The summed E-state index contributed by atoms with van der Waals surface area (Å²) in [6.45, 7) is 0. The first-order valence-corrected chi connectivity index (χ1v) is 5.18. The summed E-state index contributed by atoms with van der Waals surface area (Å²) in [5.74, 6) is 0.576. The topological polar surface area (TPSA) is 32.9 Å². The second-order valence-electron chi connectivity index (χ2n) is 3.63. The molecule has 1 unspecified atom stereocenters. The van der Waals surface area contributed by atoms with Gasteiger partial charge in [0.25, 0.3) is 5.56 Å². The molecule has 1 aromatic rings. The standard InChI is InChI=1S/C11H12ClNO/c12-10-6-5-9(13-11(10)14)7-8-3-1-2-4-8/h1,3,5-6,8H,2,4,7H2,(H,13,14). The Bertz CT molecular complexity index is 408. The SMILES string of the molecule is O=c1[nH]c(CC2C=CCC2)ccc1Cl. The molecule has 0 saturated carbocycles. The van der Waals surface area contributed by atoms with Crippen LogP contribution < -0.4 is 5.56 Å². The van der Waals surface area contributed by atoms with Crippen LogP contribution in [0.15, 0.2) is 29.1 Å². The van der Waals surface area contributed by atoms with Crippen LogP contribution >= 0.6 is 11.6 Å². The molecule has 0 amide bonds. The summed E-state index contributed by atoms with van der Waals surface area (Å²) in [6.07, 6.45) is 7.65. The van der Waals surface area contributed by atoms with Gasteiger partial charge >= 0.3 is 0 Å². The van der Waals surface area contributed by atoms with E-state index in [0.29, 0.717) is 5.92 Å². The molecule has 1 atom stereocenters. The van der Waals surface area contributed by atoms with Crippen molar-refractivity contribution in [1.29, 1.82) is 0 Å². The molecule has 2 nitrogen and oxygen atoms in total. The van der Waals surface area contributed by atoms with Gasteiger partial charge in [-0.2, -0.15) is 0 Å². The zero-order valence-electron chi connectivity index (χ0n) is 7.79. The minimum atomic E-state index is -0.189. The van der Waals surface area contributed by atoms with E-state index < -0.39 is 0 Å². The lowest BCUT2D eigenvalue weighted by molar-refractivity contribution is 0.619. The fourth-order valence-electron chi connectivity index (χ4n) is 1.76. The summed E-state index contributed by atoms with van der Waals surface area (Å²) < 4.78 is 0. The maximum absolute atomic E-state index is 11.2. The summed E-state index contributed by atoms with van der Waals surface area (Å²) in [4.78, 5) is 14.0. The molecule has 3 heteroatoms. The van der Waals surface area contributed by atoms with Gasteiger partial charge in [-0.15, -0.1) is 0 Å². The molecule has 0 bridgehead atoms. The van der Waals surface area contributed by atoms with Crippen LogP contribution in [0.5, 0.6) is 0 Å². The lowest BCUT2D eigenvalue weighted by Gasteiger charge is -2.06. The molecular weight excluding hydrogens is 198 g/mol.